The normalized spacial score (nSPS) is 10.8. The highest BCUT2D eigenvalue weighted by Gasteiger charge is 2.09. The number of hydrogen-bond acceptors (Lipinski definition) is 3. The summed E-state index contributed by atoms with van der Waals surface area (Å²) >= 11 is 4.85. The highest BCUT2D eigenvalue weighted by molar-refractivity contribution is 9.10. The second-order valence-corrected chi connectivity index (χ2v) is 6.43. The van der Waals surface area contributed by atoms with Gasteiger partial charge in [0.2, 0.25) is 5.91 Å². The molecule has 20 heavy (non-hydrogen) atoms. The van der Waals surface area contributed by atoms with Crippen molar-refractivity contribution >= 4 is 33.6 Å². The lowest BCUT2D eigenvalue weighted by atomic mass is 10.3. The first-order valence-corrected chi connectivity index (χ1v) is 8.05. The summed E-state index contributed by atoms with van der Waals surface area (Å²) < 4.78 is 3.01. The van der Waals surface area contributed by atoms with Gasteiger partial charge in [-0.3, -0.25) is 9.36 Å². The van der Waals surface area contributed by atoms with Gasteiger partial charge in [0.25, 0.3) is 0 Å². The lowest BCUT2D eigenvalue weighted by Gasteiger charge is -2.09. The van der Waals surface area contributed by atoms with Gasteiger partial charge in [-0.25, -0.2) is 4.98 Å². The summed E-state index contributed by atoms with van der Waals surface area (Å²) in [6.45, 7) is 3.90. The molecule has 4 nitrogen and oxygen atoms in total. The number of aromatic nitrogens is 2. The molecule has 0 aliphatic carbocycles. The molecule has 0 radical (unpaired) electrons. The molecule has 0 atom stereocenters. The molecular formula is C14H16BrN3OS. The number of halogens is 1. The van der Waals surface area contributed by atoms with Gasteiger partial charge < -0.3 is 5.32 Å². The van der Waals surface area contributed by atoms with Crippen molar-refractivity contribution in [2.75, 3.05) is 5.75 Å². The maximum absolute atomic E-state index is 11.7. The summed E-state index contributed by atoms with van der Waals surface area (Å²) in [7, 11) is 0. The Labute approximate surface area is 131 Å². The summed E-state index contributed by atoms with van der Waals surface area (Å²) in [5.74, 6) is 0.390. The van der Waals surface area contributed by atoms with Crippen LogP contribution in [0.25, 0.3) is 5.69 Å². The van der Waals surface area contributed by atoms with Gasteiger partial charge in [-0.1, -0.05) is 27.7 Å². The fraction of sp³-hybridized carbons (Fsp3) is 0.286. The number of benzene rings is 1. The average molecular weight is 354 g/mol. The molecule has 1 N–H and O–H groups in total. The van der Waals surface area contributed by atoms with E-state index in [1.807, 2.05) is 48.9 Å². The van der Waals surface area contributed by atoms with E-state index < -0.39 is 0 Å². The quantitative estimate of drug-likeness (QED) is 0.839. The Balaban J connectivity index is 2.05. The Kier molecular flexibility index (Phi) is 5.25. The maximum atomic E-state index is 11.7. The van der Waals surface area contributed by atoms with Crippen LogP contribution >= 0.6 is 27.7 Å². The molecule has 0 unspecified atom stereocenters. The fourth-order valence-corrected chi connectivity index (χ4v) is 2.74. The number of hydrogen-bond donors (Lipinski definition) is 1. The molecular weight excluding hydrogens is 338 g/mol. The first kappa shape index (κ1) is 15.1. The van der Waals surface area contributed by atoms with E-state index >= 15 is 0 Å². The van der Waals surface area contributed by atoms with Gasteiger partial charge in [0.1, 0.15) is 0 Å². The van der Waals surface area contributed by atoms with E-state index in [1.54, 1.807) is 6.20 Å². The lowest BCUT2D eigenvalue weighted by Crippen LogP contribution is -2.31. The molecule has 0 spiro atoms. The topological polar surface area (TPSA) is 46.9 Å². The Morgan fingerprint density at radius 3 is 2.75 bits per heavy atom. The molecule has 1 amide bonds. The van der Waals surface area contributed by atoms with Crippen LogP contribution in [0.3, 0.4) is 0 Å². The van der Waals surface area contributed by atoms with E-state index in [2.05, 4.69) is 26.2 Å². The third kappa shape index (κ3) is 4.11. The Morgan fingerprint density at radius 1 is 1.40 bits per heavy atom. The van der Waals surface area contributed by atoms with Crippen LogP contribution in [-0.4, -0.2) is 27.3 Å². The summed E-state index contributed by atoms with van der Waals surface area (Å²) in [5, 5.41) is 3.68. The van der Waals surface area contributed by atoms with Crippen molar-refractivity contribution in [3.05, 3.63) is 41.1 Å². The zero-order chi connectivity index (χ0) is 14.5. The van der Waals surface area contributed by atoms with E-state index in [9.17, 15) is 4.79 Å². The summed E-state index contributed by atoms with van der Waals surface area (Å²) in [6, 6.07) is 8.13. The molecule has 2 aromatic rings. The van der Waals surface area contributed by atoms with E-state index in [1.165, 1.54) is 11.8 Å². The summed E-state index contributed by atoms with van der Waals surface area (Å²) in [4.78, 5) is 16.0. The van der Waals surface area contributed by atoms with Gasteiger partial charge in [-0.2, -0.15) is 0 Å². The van der Waals surface area contributed by atoms with Gasteiger partial charge in [0, 0.05) is 28.6 Å². The minimum Gasteiger partial charge on any atom is -0.353 e. The van der Waals surface area contributed by atoms with Gasteiger partial charge in [-0.05, 0) is 38.1 Å². The molecule has 1 aromatic carbocycles. The van der Waals surface area contributed by atoms with Crippen molar-refractivity contribution in [2.45, 2.75) is 25.0 Å². The first-order valence-electron chi connectivity index (χ1n) is 6.27. The highest BCUT2D eigenvalue weighted by atomic mass is 79.9. The maximum Gasteiger partial charge on any atom is 0.230 e. The minimum atomic E-state index is 0.0235. The van der Waals surface area contributed by atoms with Crippen molar-refractivity contribution in [1.82, 2.24) is 14.9 Å². The number of thioether (sulfide) groups is 1. The zero-order valence-electron chi connectivity index (χ0n) is 11.3. The molecule has 0 fully saturated rings. The molecule has 0 aliphatic heterocycles. The van der Waals surface area contributed by atoms with Crippen molar-refractivity contribution in [2.24, 2.45) is 0 Å². The summed E-state index contributed by atoms with van der Waals surface area (Å²) in [6.07, 6.45) is 3.64. The van der Waals surface area contributed by atoms with Gasteiger partial charge in [-0.15, -0.1) is 0 Å². The van der Waals surface area contributed by atoms with Crippen LogP contribution in [0, 0.1) is 0 Å². The number of amides is 1. The number of nitrogens with zero attached hydrogens (tertiary/aromatic N) is 2. The zero-order valence-corrected chi connectivity index (χ0v) is 13.7. The predicted molar refractivity (Wildman–Crippen MR) is 85.3 cm³/mol. The van der Waals surface area contributed by atoms with Crippen LogP contribution in [-0.2, 0) is 4.79 Å². The molecule has 0 saturated heterocycles. The predicted octanol–water partition coefficient (Wildman–Crippen LogP) is 3.25. The largest absolute Gasteiger partial charge is 0.353 e. The van der Waals surface area contributed by atoms with Gasteiger partial charge in [0.05, 0.1) is 5.75 Å². The van der Waals surface area contributed by atoms with Crippen molar-refractivity contribution < 1.29 is 4.79 Å². The number of nitrogens with one attached hydrogen (secondary N) is 1. The molecule has 0 aliphatic rings. The first-order chi connectivity index (χ1) is 9.56. The molecule has 1 aromatic heterocycles. The molecule has 6 heteroatoms. The van der Waals surface area contributed by atoms with Crippen LogP contribution in [0.5, 0.6) is 0 Å². The van der Waals surface area contributed by atoms with Crippen molar-refractivity contribution in [1.29, 1.82) is 0 Å². The van der Waals surface area contributed by atoms with E-state index in [4.69, 9.17) is 0 Å². The number of rotatable bonds is 5. The standard InChI is InChI=1S/C14H16BrN3OS/c1-10(2)17-13(19)9-20-14-16-7-8-18(14)12-5-3-11(15)4-6-12/h3-8,10H,9H2,1-2H3,(H,17,19). The van der Waals surface area contributed by atoms with Crippen molar-refractivity contribution in [3.8, 4) is 5.69 Å². The summed E-state index contributed by atoms with van der Waals surface area (Å²) in [5.41, 5.74) is 1.03. The Hall–Kier alpha value is -1.27. The van der Waals surface area contributed by atoms with Crippen LogP contribution in [0.4, 0.5) is 0 Å². The Bertz CT molecular complexity index is 580. The van der Waals surface area contributed by atoms with Gasteiger partial charge >= 0.3 is 0 Å². The van der Waals surface area contributed by atoms with Crippen LogP contribution in [0.1, 0.15) is 13.8 Å². The number of carbonyl (C=O) groups excluding carboxylic acids is 1. The number of carbonyl (C=O) groups is 1. The monoisotopic (exact) mass is 353 g/mol. The molecule has 0 saturated carbocycles. The SMILES string of the molecule is CC(C)NC(=O)CSc1nccn1-c1ccc(Br)cc1. The van der Waals surface area contributed by atoms with Crippen molar-refractivity contribution in [3.63, 3.8) is 0 Å². The second-order valence-electron chi connectivity index (χ2n) is 4.57. The van der Waals surface area contributed by atoms with E-state index in [-0.39, 0.29) is 11.9 Å². The molecule has 0 bridgehead atoms. The van der Waals surface area contributed by atoms with Gasteiger partial charge in [0.15, 0.2) is 5.16 Å². The van der Waals surface area contributed by atoms with Crippen LogP contribution in [0.2, 0.25) is 0 Å². The third-order valence-corrected chi connectivity index (χ3v) is 3.99. The lowest BCUT2D eigenvalue weighted by molar-refractivity contribution is -0.119. The molecule has 2 rings (SSSR count). The highest BCUT2D eigenvalue weighted by Crippen LogP contribution is 2.21. The third-order valence-electron chi connectivity index (χ3n) is 2.49. The van der Waals surface area contributed by atoms with Crippen LogP contribution in [0.15, 0.2) is 46.3 Å². The molecule has 106 valence electrons. The second kappa shape index (κ2) is 6.95. The fourth-order valence-electron chi connectivity index (χ4n) is 1.69. The minimum absolute atomic E-state index is 0.0235. The number of imidazole rings is 1. The van der Waals surface area contributed by atoms with E-state index in [0.29, 0.717) is 5.75 Å². The van der Waals surface area contributed by atoms with Crippen LogP contribution < -0.4 is 5.32 Å². The smallest absolute Gasteiger partial charge is 0.230 e. The average Bonchev–Trinajstić information content (AvgIpc) is 2.85. The van der Waals surface area contributed by atoms with E-state index in [0.717, 1.165) is 15.3 Å². The Morgan fingerprint density at radius 2 is 2.10 bits per heavy atom. The molecule has 1 heterocycles.